The molecule has 0 heterocycles. The molecule has 108 valence electrons. The summed E-state index contributed by atoms with van der Waals surface area (Å²) in [7, 11) is 0. The van der Waals surface area contributed by atoms with E-state index < -0.39 is 0 Å². The molecule has 0 aromatic carbocycles. The first kappa shape index (κ1) is 14.5. The van der Waals surface area contributed by atoms with Gasteiger partial charge in [-0.3, -0.25) is 4.79 Å². The van der Waals surface area contributed by atoms with Gasteiger partial charge in [-0.1, -0.05) is 39.0 Å². The standard InChI is InChI=1S/C16H28N2O/c1-2-3-4-5-6-7-8-16(19)18-17-15-12-13-9-10-14(15)11-13/h13-14H,2-12H2,1H3,(H,18,19). The summed E-state index contributed by atoms with van der Waals surface area (Å²) in [6, 6.07) is 0. The van der Waals surface area contributed by atoms with E-state index in [1.165, 1.54) is 57.1 Å². The number of hydrazone groups is 1. The largest absolute Gasteiger partial charge is 0.273 e. The molecule has 2 rings (SSSR count). The smallest absolute Gasteiger partial charge is 0.240 e. The second-order valence-electron chi connectivity index (χ2n) is 6.24. The second-order valence-corrected chi connectivity index (χ2v) is 6.24. The van der Waals surface area contributed by atoms with Crippen LogP contribution in [-0.2, 0) is 4.79 Å². The zero-order valence-electron chi connectivity index (χ0n) is 12.3. The van der Waals surface area contributed by atoms with Gasteiger partial charge in [0.05, 0.1) is 0 Å². The molecule has 3 heteroatoms. The summed E-state index contributed by atoms with van der Waals surface area (Å²) in [5, 5.41) is 4.35. The van der Waals surface area contributed by atoms with Gasteiger partial charge >= 0.3 is 0 Å². The van der Waals surface area contributed by atoms with E-state index in [0.717, 1.165) is 18.8 Å². The van der Waals surface area contributed by atoms with Crippen molar-refractivity contribution >= 4 is 11.6 Å². The molecule has 2 fully saturated rings. The Balaban J connectivity index is 1.54. The van der Waals surface area contributed by atoms with Crippen LogP contribution >= 0.6 is 0 Å². The zero-order valence-corrected chi connectivity index (χ0v) is 12.3. The van der Waals surface area contributed by atoms with Crippen LogP contribution in [0.1, 0.15) is 77.6 Å². The highest BCUT2D eigenvalue weighted by Gasteiger charge is 2.36. The molecule has 1 amide bonds. The predicted octanol–water partition coefficient (Wildman–Crippen LogP) is 4.03. The Bertz CT molecular complexity index is 325. The lowest BCUT2D eigenvalue weighted by Gasteiger charge is -2.11. The van der Waals surface area contributed by atoms with Gasteiger partial charge in [0.1, 0.15) is 0 Å². The summed E-state index contributed by atoms with van der Waals surface area (Å²) >= 11 is 0. The first-order valence-electron chi connectivity index (χ1n) is 8.15. The molecular weight excluding hydrogens is 236 g/mol. The number of amides is 1. The number of nitrogens with zero attached hydrogens (tertiary/aromatic N) is 1. The lowest BCUT2D eigenvalue weighted by molar-refractivity contribution is -0.121. The maximum absolute atomic E-state index is 11.7. The van der Waals surface area contributed by atoms with Crippen LogP contribution in [0.2, 0.25) is 0 Å². The van der Waals surface area contributed by atoms with E-state index in [0.29, 0.717) is 12.3 Å². The molecule has 0 radical (unpaired) electrons. The summed E-state index contributed by atoms with van der Waals surface area (Å²) < 4.78 is 0. The van der Waals surface area contributed by atoms with Gasteiger partial charge in [0.2, 0.25) is 5.91 Å². The van der Waals surface area contributed by atoms with Crippen molar-refractivity contribution in [2.45, 2.75) is 77.6 Å². The molecule has 0 aromatic rings. The lowest BCUT2D eigenvalue weighted by Crippen LogP contribution is -2.21. The third-order valence-corrected chi connectivity index (χ3v) is 4.59. The first-order valence-corrected chi connectivity index (χ1v) is 8.15. The minimum atomic E-state index is 0.103. The topological polar surface area (TPSA) is 41.5 Å². The molecule has 0 aromatic heterocycles. The Morgan fingerprint density at radius 2 is 2.00 bits per heavy atom. The highest BCUT2D eigenvalue weighted by Crippen LogP contribution is 2.42. The van der Waals surface area contributed by atoms with E-state index in [4.69, 9.17) is 0 Å². The quantitative estimate of drug-likeness (QED) is 0.522. The summed E-state index contributed by atoms with van der Waals surface area (Å²) in [6.07, 6.45) is 13.1. The number of unbranched alkanes of at least 4 members (excludes halogenated alkanes) is 5. The van der Waals surface area contributed by atoms with Gasteiger partial charge in [-0.2, -0.15) is 5.10 Å². The Morgan fingerprint density at radius 1 is 1.21 bits per heavy atom. The van der Waals surface area contributed by atoms with E-state index in [1.807, 2.05) is 0 Å². The average Bonchev–Trinajstić information content (AvgIpc) is 3.02. The van der Waals surface area contributed by atoms with E-state index in [9.17, 15) is 4.79 Å². The molecule has 2 aliphatic carbocycles. The number of nitrogens with one attached hydrogen (secondary N) is 1. The molecule has 19 heavy (non-hydrogen) atoms. The molecular formula is C16H28N2O. The van der Waals surface area contributed by atoms with E-state index in [-0.39, 0.29) is 5.91 Å². The van der Waals surface area contributed by atoms with Gasteiger partial charge in [0.15, 0.2) is 0 Å². The monoisotopic (exact) mass is 264 g/mol. The lowest BCUT2D eigenvalue weighted by atomic mass is 9.99. The van der Waals surface area contributed by atoms with E-state index in [1.54, 1.807) is 0 Å². The Kier molecular flexibility index (Phi) is 5.87. The highest BCUT2D eigenvalue weighted by atomic mass is 16.2. The Labute approximate surface area is 117 Å². The van der Waals surface area contributed by atoms with Crippen LogP contribution in [0.25, 0.3) is 0 Å². The van der Waals surface area contributed by atoms with Crippen molar-refractivity contribution in [2.24, 2.45) is 16.9 Å². The number of hydrogen-bond acceptors (Lipinski definition) is 2. The van der Waals surface area contributed by atoms with Gasteiger partial charge in [0, 0.05) is 12.1 Å². The van der Waals surface area contributed by atoms with Crippen molar-refractivity contribution in [3.05, 3.63) is 0 Å². The van der Waals surface area contributed by atoms with Crippen molar-refractivity contribution < 1.29 is 4.79 Å². The van der Waals surface area contributed by atoms with Crippen molar-refractivity contribution in [1.29, 1.82) is 0 Å². The summed E-state index contributed by atoms with van der Waals surface area (Å²) in [6.45, 7) is 2.22. The van der Waals surface area contributed by atoms with Crippen LogP contribution in [0.5, 0.6) is 0 Å². The zero-order chi connectivity index (χ0) is 13.5. The minimum absolute atomic E-state index is 0.103. The number of fused-ring (bicyclic) bond motifs is 2. The third-order valence-electron chi connectivity index (χ3n) is 4.59. The molecule has 3 nitrogen and oxygen atoms in total. The van der Waals surface area contributed by atoms with E-state index in [2.05, 4.69) is 17.5 Å². The molecule has 2 unspecified atom stereocenters. The molecule has 2 saturated carbocycles. The van der Waals surface area contributed by atoms with Gasteiger partial charge in [-0.25, -0.2) is 5.43 Å². The molecule has 2 bridgehead atoms. The van der Waals surface area contributed by atoms with E-state index >= 15 is 0 Å². The molecule has 0 saturated heterocycles. The SMILES string of the molecule is CCCCCCCCC(=O)NN=C1CC2CCC1C2. The van der Waals surface area contributed by atoms with Crippen molar-refractivity contribution in [2.75, 3.05) is 0 Å². The minimum Gasteiger partial charge on any atom is -0.273 e. The van der Waals surface area contributed by atoms with Crippen LogP contribution in [0.3, 0.4) is 0 Å². The summed E-state index contributed by atoms with van der Waals surface area (Å²) in [4.78, 5) is 11.7. The first-order chi connectivity index (χ1) is 9.29. The fourth-order valence-corrected chi connectivity index (χ4v) is 3.42. The fourth-order valence-electron chi connectivity index (χ4n) is 3.42. The van der Waals surface area contributed by atoms with Gasteiger partial charge in [-0.05, 0) is 43.9 Å². The van der Waals surface area contributed by atoms with Crippen LogP contribution in [0, 0.1) is 11.8 Å². The number of carbonyl (C=O) groups is 1. The maximum atomic E-state index is 11.7. The molecule has 1 N–H and O–H groups in total. The van der Waals surface area contributed by atoms with Crippen LogP contribution in [0.4, 0.5) is 0 Å². The highest BCUT2D eigenvalue weighted by molar-refractivity contribution is 5.90. The average molecular weight is 264 g/mol. The van der Waals surface area contributed by atoms with Gasteiger partial charge in [-0.15, -0.1) is 0 Å². The third kappa shape index (κ3) is 4.63. The molecule has 0 spiro atoms. The number of hydrogen-bond donors (Lipinski definition) is 1. The van der Waals surface area contributed by atoms with Crippen molar-refractivity contribution in [3.63, 3.8) is 0 Å². The normalized spacial score (nSPS) is 27.1. The van der Waals surface area contributed by atoms with Crippen LogP contribution < -0.4 is 5.43 Å². The Morgan fingerprint density at radius 3 is 2.68 bits per heavy atom. The van der Waals surface area contributed by atoms with Gasteiger partial charge in [0.25, 0.3) is 0 Å². The van der Waals surface area contributed by atoms with Crippen LogP contribution in [-0.4, -0.2) is 11.6 Å². The molecule has 2 atom stereocenters. The fraction of sp³-hybridized carbons (Fsp3) is 0.875. The van der Waals surface area contributed by atoms with Crippen molar-refractivity contribution in [1.82, 2.24) is 5.43 Å². The number of carbonyl (C=O) groups excluding carboxylic acids is 1. The predicted molar refractivity (Wildman–Crippen MR) is 79.0 cm³/mol. The van der Waals surface area contributed by atoms with Gasteiger partial charge < -0.3 is 0 Å². The Hall–Kier alpha value is -0.860. The summed E-state index contributed by atoms with van der Waals surface area (Å²) in [5.74, 6) is 1.64. The maximum Gasteiger partial charge on any atom is 0.240 e. The van der Waals surface area contributed by atoms with Crippen molar-refractivity contribution in [3.8, 4) is 0 Å². The summed E-state index contributed by atoms with van der Waals surface area (Å²) in [5.41, 5.74) is 4.02. The number of rotatable bonds is 8. The molecule has 2 aliphatic rings. The van der Waals surface area contributed by atoms with Crippen LogP contribution in [0.15, 0.2) is 5.10 Å². The second kappa shape index (κ2) is 7.66. The molecule has 0 aliphatic heterocycles.